The molecule has 4 N–H and O–H groups in total. The average molecular weight is 388 g/mol. The highest BCUT2D eigenvalue weighted by Crippen LogP contribution is 2.34. The van der Waals surface area contributed by atoms with Gasteiger partial charge in [0.25, 0.3) is 0 Å². The molecular weight excluding hydrogens is 368 g/mol. The summed E-state index contributed by atoms with van der Waals surface area (Å²) in [5.41, 5.74) is 1.20. The normalized spacial score (nSPS) is 11.5. The summed E-state index contributed by atoms with van der Waals surface area (Å²) in [4.78, 5) is 31.6. The number of nitrogens with one attached hydrogen (secondary N) is 4. The summed E-state index contributed by atoms with van der Waals surface area (Å²) in [7, 11) is 1.48. The zero-order chi connectivity index (χ0) is 19.9. The molecule has 11 heteroatoms. The third kappa shape index (κ3) is 5.13. The van der Waals surface area contributed by atoms with E-state index in [-0.39, 0.29) is 19.3 Å². The SMILES string of the molecule is CNC(=O)OCCNc1cc(C)nc(NC(=O)Nc2ccc3c(c2)OCO3)n1. The number of benzene rings is 1. The highest BCUT2D eigenvalue weighted by molar-refractivity contribution is 5.98. The lowest BCUT2D eigenvalue weighted by molar-refractivity contribution is 0.153. The third-order valence-corrected chi connectivity index (χ3v) is 3.56. The number of rotatable bonds is 6. The van der Waals surface area contributed by atoms with Gasteiger partial charge in [0.15, 0.2) is 11.5 Å². The Morgan fingerprint density at radius 1 is 1.14 bits per heavy atom. The van der Waals surface area contributed by atoms with Crippen LogP contribution < -0.4 is 30.7 Å². The zero-order valence-corrected chi connectivity index (χ0v) is 15.4. The summed E-state index contributed by atoms with van der Waals surface area (Å²) >= 11 is 0. The molecule has 0 bridgehead atoms. The molecule has 3 amide bonds. The second-order valence-electron chi connectivity index (χ2n) is 5.68. The minimum atomic E-state index is -0.511. The highest BCUT2D eigenvalue weighted by Gasteiger charge is 2.14. The van der Waals surface area contributed by atoms with Gasteiger partial charge in [-0.2, -0.15) is 4.98 Å². The van der Waals surface area contributed by atoms with E-state index >= 15 is 0 Å². The maximum atomic E-state index is 12.2. The van der Waals surface area contributed by atoms with Gasteiger partial charge in [0.05, 0.1) is 6.54 Å². The van der Waals surface area contributed by atoms with E-state index in [1.54, 1.807) is 31.2 Å². The first-order valence-corrected chi connectivity index (χ1v) is 8.45. The molecule has 1 aliphatic heterocycles. The number of aryl methyl sites for hydroxylation is 1. The maximum Gasteiger partial charge on any atom is 0.406 e. The fourth-order valence-electron chi connectivity index (χ4n) is 2.35. The van der Waals surface area contributed by atoms with Crippen molar-refractivity contribution in [3.8, 4) is 11.5 Å². The first kappa shape index (κ1) is 19.0. The number of ether oxygens (including phenoxy) is 3. The van der Waals surface area contributed by atoms with Gasteiger partial charge in [0, 0.05) is 30.6 Å². The molecule has 0 atom stereocenters. The fourth-order valence-corrected chi connectivity index (χ4v) is 2.35. The summed E-state index contributed by atoms with van der Waals surface area (Å²) in [6, 6.07) is 6.28. The molecule has 0 aliphatic carbocycles. The van der Waals surface area contributed by atoms with Crippen LogP contribution in [0.3, 0.4) is 0 Å². The average Bonchev–Trinajstić information content (AvgIpc) is 3.12. The number of carbonyl (C=O) groups is 2. The molecule has 2 heterocycles. The summed E-state index contributed by atoms with van der Waals surface area (Å²) in [5.74, 6) is 1.82. The topological polar surface area (TPSA) is 136 Å². The predicted octanol–water partition coefficient (Wildman–Crippen LogP) is 1.93. The molecule has 3 rings (SSSR count). The van der Waals surface area contributed by atoms with E-state index in [2.05, 4.69) is 31.2 Å². The van der Waals surface area contributed by atoms with E-state index in [0.29, 0.717) is 35.2 Å². The number of nitrogens with zero attached hydrogens (tertiary/aromatic N) is 2. The number of aromatic nitrogens is 2. The first-order valence-electron chi connectivity index (χ1n) is 8.45. The second kappa shape index (κ2) is 8.75. The van der Waals surface area contributed by atoms with E-state index in [1.807, 2.05) is 0 Å². The number of alkyl carbamates (subject to hydrolysis) is 1. The summed E-state index contributed by atoms with van der Waals surface area (Å²) < 4.78 is 15.4. The van der Waals surface area contributed by atoms with Crippen molar-refractivity contribution in [2.45, 2.75) is 6.92 Å². The van der Waals surface area contributed by atoms with Crippen molar-refractivity contribution in [1.29, 1.82) is 0 Å². The van der Waals surface area contributed by atoms with Crippen LogP contribution in [0.5, 0.6) is 11.5 Å². The van der Waals surface area contributed by atoms with Crippen molar-refractivity contribution in [3.63, 3.8) is 0 Å². The van der Waals surface area contributed by atoms with Crippen LogP contribution in [0, 0.1) is 6.92 Å². The quantitative estimate of drug-likeness (QED) is 0.551. The zero-order valence-electron chi connectivity index (χ0n) is 15.4. The monoisotopic (exact) mass is 388 g/mol. The van der Waals surface area contributed by atoms with E-state index in [0.717, 1.165) is 0 Å². The molecule has 1 aliphatic rings. The predicted molar refractivity (Wildman–Crippen MR) is 101 cm³/mol. The Bertz CT molecular complexity index is 875. The van der Waals surface area contributed by atoms with Crippen molar-refractivity contribution in [2.24, 2.45) is 0 Å². The molecule has 0 radical (unpaired) electrons. The minimum absolute atomic E-state index is 0.132. The van der Waals surface area contributed by atoms with Crippen LogP contribution in [-0.4, -0.2) is 49.1 Å². The first-order chi connectivity index (χ1) is 13.5. The van der Waals surface area contributed by atoms with Gasteiger partial charge in [-0.05, 0) is 19.1 Å². The molecule has 0 saturated carbocycles. The maximum absolute atomic E-state index is 12.2. The lowest BCUT2D eigenvalue weighted by atomic mass is 10.3. The largest absolute Gasteiger partial charge is 0.454 e. The van der Waals surface area contributed by atoms with E-state index in [4.69, 9.17) is 14.2 Å². The van der Waals surface area contributed by atoms with Crippen LogP contribution in [0.1, 0.15) is 5.69 Å². The Hall–Kier alpha value is -3.76. The molecule has 1 aromatic carbocycles. The Balaban J connectivity index is 1.55. The van der Waals surface area contributed by atoms with Gasteiger partial charge >= 0.3 is 12.1 Å². The van der Waals surface area contributed by atoms with Crippen LogP contribution in [-0.2, 0) is 4.74 Å². The standard InChI is InChI=1S/C17H20N6O5/c1-10-7-14(19-5-6-26-17(25)18-2)22-15(20-10)23-16(24)21-11-3-4-12-13(8-11)28-9-27-12/h3-4,7-8H,5-6,9H2,1-2H3,(H,18,25)(H3,19,20,21,22,23,24). The molecule has 0 spiro atoms. The Labute approximate surface area is 160 Å². The molecule has 0 saturated heterocycles. The van der Waals surface area contributed by atoms with E-state index in [1.165, 1.54) is 7.05 Å². The summed E-state index contributed by atoms with van der Waals surface area (Å²) in [6.45, 7) is 2.45. The third-order valence-electron chi connectivity index (χ3n) is 3.56. The molecule has 1 aromatic heterocycles. The molecule has 11 nitrogen and oxygen atoms in total. The van der Waals surface area contributed by atoms with Gasteiger partial charge in [-0.1, -0.05) is 0 Å². The number of hydrogen-bond acceptors (Lipinski definition) is 8. The number of carbonyl (C=O) groups excluding carboxylic acids is 2. The van der Waals surface area contributed by atoms with Crippen LogP contribution in [0.25, 0.3) is 0 Å². The number of anilines is 3. The van der Waals surface area contributed by atoms with Gasteiger partial charge in [-0.25, -0.2) is 14.6 Å². The summed E-state index contributed by atoms with van der Waals surface area (Å²) in [6.07, 6.45) is -0.511. The fraction of sp³-hybridized carbons (Fsp3) is 0.294. The Morgan fingerprint density at radius 2 is 1.96 bits per heavy atom. The number of urea groups is 1. The van der Waals surface area contributed by atoms with Crippen LogP contribution in [0.4, 0.5) is 27.0 Å². The number of hydrogen-bond donors (Lipinski definition) is 4. The van der Waals surface area contributed by atoms with E-state index < -0.39 is 12.1 Å². The minimum Gasteiger partial charge on any atom is -0.454 e. The molecule has 148 valence electrons. The van der Waals surface area contributed by atoms with E-state index in [9.17, 15) is 9.59 Å². The van der Waals surface area contributed by atoms with Crippen molar-refractivity contribution >= 4 is 29.6 Å². The van der Waals surface area contributed by atoms with Gasteiger partial charge in [-0.3, -0.25) is 5.32 Å². The summed E-state index contributed by atoms with van der Waals surface area (Å²) in [5, 5.41) is 10.6. The highest BCUT2D eigenvalue weighted by atomic mass is 16.7. The van der Waals surface area contributed by atoms with Crippen LogP contribution >= 0.6 is 0 Å². The lowest BCUT2D eigenvalue weighted by Crippen LogP contribution is -2.23. The van der Waals surface area contributed by atoms with Gasteiger partial charge in [0.2, 0.25) is 12.7 Å². The van der Waals surface area contributed by atoms with Gasteiger partial charge in [-0.15, -0.1) is 0 Å². The molecule has 2 aromatic rings. The van der Waals surface area contributed by atoms with Crippen LogP contribution in [0.15, 0.2) is 24.3 Å². The lowest BCUT2D eigenvalue weighted by Gasteiger charge is -2.10. The van der Waals surface area contributed by atoms with Gasteiger partial charge in [0.1, 0.15) is 12.4 Å². The van der Waals surface area contributed by atoms with Crippen molar-refractivity contribution in [2.75, 3.05) is 42.9 Å². The van der Waals surface area contributed by atoms with Crippen molar-refractivity contribution in [3.05, 3.63) is 30.0 Å². The van der Waals surface area contributed by atoms with Crippen molar-refractivity contribution < 1.29 is 23.8 Å². The molecular formula is C17H20N6O5. The molecule has 0 fully saturated rings. The number of fused-ring (bicyclic) bond motifs is 1. The second-order valence-corrected chi connectivity index (χ2v) is 5.68. The Morgan fingerprint density at radius 3 is 2.79 bits per heavy atom. The Kier molecular flexibility index (Phi) is 5.94. The molecule has 28 heavy (non-hydrogen) atoms. The van der Waals surface area contributed by atoms with Crippen LogP contribution in [0.2, 0.25) is 0 Å². The smallest absolute Gasteiger partial charge is 0.406 e. The van der Waals surface area contributed by atoms with Crippen molar-refractivity contribution in [1.82, 2.24) is 15.3 Å². The number of amides is 3. The molecule has 0 unspecified atom stereocenters. The van der Waals surface area contributed by atoms with Gasteiger partial charge < -0.3 is 30.2 Å².